The van der Waals surface area contributed by atoms with Gasteiger partial charge in [-0.3, -0.25) is 0 Å². The lowest BCUT2D eigenvalue weighted by molar-refractivity contribution is 0.214. The predicted octanol–water partition coefficient (Wildman–Crippen LogP) is 1.58. The maximum absolute atomic E-state index is 10.2. The molecule has 1 heterocycles. The molecular weight excluding hydrogens is 232 g/mol. The van der Waals surface area contributed by atoms with Crippen LogP contribution in [0.3, 0.4) is 0 Å². The molecule has 0 aliphatic heterocycles. The molecule has 2 rings (SSSR count). The zero-order valence-electron chi connectivity index (χ0n) is 10.2. The minimum atomic E-state index is -0.812. The van der Waals surface area contributed by atoms with E-state index in [-0.39, 0.29) is 0 Å². The molecule has 0 aliphatic rings. The number of aliphatic hydroxyl groups excluding tert-OH is 1. The number of ether oxygens (including phenoxy) is 2. The number of hydrogen-bond acceptors (Lipinski definition) is 5. The monoisotopic (exact) mass is 246 g/mol. The first-order chi connectivity index (χ1) is 8.76. The second-order valence-electron chi connectivity index (χ2n) is 3.65. The first-order valence-electron chi connectivity index (χ1n) is 5.42. The van der Waals surface area contributed by atoms with E-state index in [9.17, 15) is 5.11 Å². The summed E-state index contributed by atoms with van der Waals surface area (Å²) in [4.78, 5) is 7.84. The van der Waals surface area contributed by atoms with E-state index in [1.54, 1.807) is 44.7 Å². The number of aliphatic hydroxyl groups is 1. The minimum absolute atomic E-state index is 0.539. The second-order valence-corrected chi connectivity index (χ2v) is 3.65. The predicted molar refractivity (Wildman–Crippen MR) is 65.6 cm³/mol. The Hall–Kier alpha value is -2.14. The summed E-state index contributed by atoms with van der Waals surface area (Å²) in [6.45, 7) is 0. The van der Waals surface area contributed by atoms with Crippen LogP contribution < -0.4 is 9.47 Å². The number of aromatic nitrogens is 2. The molecule has 1 unspecified atom stereocenters. The Bertz CT molecular complexity index is 517. The van der Waals surface area contributed by atoms with Crippen LogP contribution in [0.2, 0.25) is 0 Å². The molecule has 0 saturated carbocycles. The standard InChI is InChI=1S/C13H14N2O3/c1-17-11-4-3-9(7-12(11)18-2)13(16)10-5-6-14-8-15-10/h3-8,13,16H,1-2H3. The van der Waals surface area contributed by atoms with Crippen molar-refractivity contribution in [3.05, 3.63) is 48.0 Å². The summed E-state index contributed by atoms with van der Waals surface area (Å²) in [7, 11) is 3.12. The molecule has 94 valence electrons. The van der Waals surface area contributed by atoms with Gasteiger partial charge in [-0.05, 0) is 23.8 Å². The fourth-order valence-electron chi connectivity index (χ4n) is 1.66. The fourth-order valence-corrected chi connectivity index (χ4v) is 1.66. The molecule has 0 bridgehead atoms. The average Bonchev–Trinajstić information content (AvgIpc) is 2.46. The third-order valence-corrected chi connectivity index (χ3v) is 2.61. The highest BCUT2D eigenvalue weighted by atomic mass is 16.5. The molecule has 1 atom stereocenters. The molecule has 0 radical (unpaired) electrons. The van der Waals surface area contributed by atoms with E-state index in [0.29, 0.717) is 22.8 Å². The van der Waals surface area contributed by atoms with Crippen LogP contribution in [-0.4, -0.2) is 29.3 Å². The number of rotatable bonds is 4. The van der Waals surface area contributed by atoms with Crippen LogP contribution >= 0.6 is 0 Å². The van der Waals surface area contributed by atoms with Gasteiger partial charge < -0.3 is 14.6 Å². The van der Waals surface area contributed by atoms with Crippen molar-refractivity contribution in [2.24, 2.45) is 0 Å². The van der Waals surface area contributed by atoms with Crippen molar-refractivity contribution in [2.45, 2.75) is 6.10 Å². The van der Waals surface area contributed by atoms with Gasteiger partial charge in [0, 0.05) is 6.20 Å². The quantitative estimate of drug-likeness (QED) is 0.887. The smallest absolute Gasteiger partial charge is 0.161 e. The fraction of sp³-hybridized carbons (Fsp3) is 0.231. The Balaban J connectivity index is 2.34. The molecule has 0 saturated heterocycles. The van der Waals surface area contributed by atoms with Gasteiger partial charge in [0.05, 0.1) is 19.9 Å². The van der Waals surface area contributed by atoms with Crippen molar-refractivity contribution in [1.82, 2.24) is 9.97 Å². The third-order valence-electron chi connectivity index (χ3n) is 2.61. The zero-order valence-corrected chi connectivity index (χ0v) is 10.2. The lowest BCUT2D eigenvalue weighted by Gasteiger charge is -2.13. The summed E-state index contributed by atoms with van der Waals surface area (Å²) in [5.74, 6) is 1.19. The van der Waals surface area contributed by atoms with Crippen LogP contribution in [0.15, 0.2) is 36.8 Å². The van der Waals surface area contributed by atoms with Crippen LogP contribution in [0.5, 0.6) is 11.5 Å². The maximum Gasteiger partial charge on any atom is 0.161 e. The molecule has 2 aromatic rings. The summed E-state index contributed by atoms with van der Waals surface area (Å²) in [6, 6.07) is 6.92. The van der Waals surface area contributed by atoms with Crippen molar-refractivity contribution in [3.63, 3.8) is 0 Å². The van der Waals surface area contributed by atoms with Gasteiger partial charge in [0.15, 0.2) is 11.5 Å². The Kier molecular flexibility index (Phi) is 3.74. The number of hydrogen-bond donors (Lipinski definition) is 1. The lowest BCUT2D eigenvalue weighted by atomic mass is 10.1. The summed E-state index contributed by atoms with van der Waals surface area (Å²) in [5.41, 5.74) is 1.23. The molecule has 0 spiro atoms. The molecule has 1 aromatic heterocycles. The van der Waals surface area contributed by atoms with Gasteiger partial charge >= 0.3 is 0 Å². The summed E-state index contributed by atoms with van der Waals surface area (Å²) >= 11 is 0. The first-order valence-corrected chi connectivity index (χ1v) is 5.42. The SMILES string of the molecule is COc1ccc(C(O)c2ccncn2)cc1OC. The van der Waals surface area contributed by atoms with E-state index in [1.165, 1.54) is 6.33 Å². The normalized spacial score (nSPS) is 11.9. The average molecular weight is 246 g/mol. The molecule has 0 fully saturated rings. The van der Waals surface area contributed by atoms with Crippen molar-refractivity contribution in [3.8, 4) is 11.5 Å². The highest BCUT2D eigenvalue weighted by Gasteiger charge is 2.14. The Labute approximate surface area is 105 Å². The van der Waals surface area contributed by atoms with Gasteiger partial charge in [-0.2, -0.15) is 0 Å². The topological polar surface area (TPSA) is 64.5 Å². The van der Waals surface area contributed by atoms with E-state index < -0.39 is 6.10 Å². The summed E-state index contributed by atoms with van der Waals surface area (Å²) in [6.07, 6.45) is 2.18. The van der Waals surface area contributed by atoms with E-state index in [1.807, 2.05) is 0 Å². The highest BCUT2D eigenvalue weighted by Crippen LogP contribution is 2.31. The molecular formula is C13H14N2O3. The maximum atomic E-state index is 10.2. The number of benzene rings is 1. The van der Waals surface area contributed by atoms with Gasteiger partial charge in [-0.15, -0.1) is 0 Å². The minimum Gasteiger partial charge on any atom is -0.493 e. The molecule has 5 nitrogen and oxygen atoms in total. The second kappa shape index (κ2) is 5.46. The van der Waals surface area contributed by atoms with Gasteiger partial charge in [0.1, 0.15) is 12.4 Å². The van der Waals surface area contributed by atoms with Crippen LogP contribution in [0.25, 0.3) is 0 Å². The van der Waals surface area contributed by atoms with Crippen LogP contribution in [0, 0.1) is 0 Å². The zero-order chi connectivity index (χ0) is 13.0. The summed E-state index contributed by atoms with van der Waals surface area (Å²) in [5, 5.41) is 10.2. The summed E-state index contributed by atoms with van der Waals surface area (Å²) < 4.78 is 10.3. The molecule has 0 amide bonds. The molecule has 5 heteroatoms. The highest BCUT2D eigenvalue weighted by molar-refractivity contribution is 5.44. The van der Waals surface area contributed by atoms with Crippen molar-refractivity contribution in [1.29, 1.82) is 0 Å². The van der Waals surface area contributed by atoms with Crippen LogP contribution in [0.1, 0.15) is 17.4 Å². The number of nitrogens with zero attached hydrogens (tertiary/aromatic N) is 2. The Morgan fingerprint density at radius 2 is 1.89 bits per heavy atom. The van der Waals surface area contributed by atoms with E-state index >= 15 is 0 Å². The van der Waals surface area contributed by atoms with E-state index in [0.717, 1.165) is 0 Å². The van der Waals surface area contributed by atoms with Crippen molar-refractivity contribution in [2.75, 3.05) is 14.2 Å². The Morgan fingerprint density at radius 3 is 2.50 bits per heavy atom. The van der Waals surface area contributed by atoms with Crippen molar-refractivity contribution >= 4 is 0 Å². The number of methoxy groups -OCH3 is 2. The molecule has 1 N–H and O–H groups in total. The van der Waals surface area contributed by atoms with Gasteiger partial charge in [0.2, 0.25) is 0 Å². The molecule has 1 aromatic carbocycles. The van der Waals surface area contributed by atoms with E-state index in [2.05, 4.69) is 9.97 Å². The van der Waals surface area contributed by atoms with Crippen LogP contribution in [0.4, 0.5) is 0 Å². The third kappa shape index (κ3) is 2.41. The Morgan fingerprint density at radius 1 is 1.11 bits per heavy atom. The van der Waals surface area contributed by atoms with Gasteiger partial charge in [0.25, 0.3) is 0 Å². The molecule has 0 aliphatic carbocycles. The van der Waals surface area contributed by atoms with Crippen LogP contribution in [-0.2, 0) is 0 Å². The van der Waals surface area contributed by atoms with Crippen molar-refractivity contribution < 1.29 is 14.6 Å². The van der Waals surface area contributed by atoms with E-state index in [4.69, 9.17) is 9.47 Å². The molecule has 18 heavy (non-hydrogen) atoms. The lowest BCUT2D eigenvalue weighted by Crippen LogP contribution is -2.03. The van der Waals surface area contributed by atoms with Gasteiger partial charge in [-0.25, -0.2) is 9.97 Å². The largest absolute Gasteiger partial charge is 0.493 e. The van der Waals surface area contributed by atoms with Gasteiger partial charge in [-0.1, -0.05) is 6.07 Å². The first kappa shape index (κ1) is 12.3.